The summed E-state index contributed by atoms with van der Waals surface area (Å²) >= 11 is 0. The Morgan fingerprint density at radius 3 is 2.81 bits per heavy atom. The van der Waals surface area contributed by atoms with E-state index in [1.807, 2.05) is 12.1 Å². The highest BCUT2D eigenvalue weighted by Gasteiger charge is 2.14. The van der Waals surface area contributed by atoms with E-state index >= 15 is 0 Å². The molecule has 118 valence electrons. The zero-order valence-electron chi connectivity index (χ0n) is 13.0. The third-order valence-corrected chi connectivity index (χ3v) is 3.96. The summed E-state index contributed by atoms with van der Waals surface area (Å²) in [5.41, 5.74) is 1.18. The molecule has 1 aliphatic rings. The number of rotatable bonds is 7. The highest BCUT2D eigenvalue weighted by atomic mass is 19.1. The van der Waals surface area contributed by atoms with Crippen molar-refractivity contribution in [1.29, 1.82) is 0 Å². The van der Waals surface area contributed by atoms with E-state index in [9.17, 15) is 4.39 Å². The number of halogens is 1. The van der Waals surface area contributed by atoms with Gasteiger partial charge in [0.2, 0.25) is 0 Å². The van der Waals surface area contributed by atoms with Crippen molar-refractivity contribution >= 4 is 0 Å². The molecule has 1 aromatic carbocycles. The van der Waals surface area contributed by atoms with Gasteiger partial charge in [-0.1, -0.05) is 19.1 Å². The Hall–Kier alpha value is -0.970. The second-order valence-corrected chi connectivity index (χ2v) is 5.65. The molecule has 0 saturated carbocycles. The topological polar surface area (TPSA) is 24.5 Å². The molecule has 1 unspecified atom stereocenters. The van der Waals surface area contributed by atoms with Gasteiger partial charge in [0, 0.05) is 32.3 Å². The lowest BCUT2D eigenvalue weighted by Crippen LogP contribution is -2.31. The van der Waals surface area contributed by atoms with Gasteiger partial charge in [0.25, 0.3) is 0 Å². The Kier molecular flexibility index (Phi) is 7.13. The van der Waals surface area contributed by atoms with Crippen LogP contribution >= 0.6 is 0 Å². The summed E-state index contributed by atoms with van der Waals surface area (Å²) in [7, 11) is 0. The highest BCUT2D eigenvalue weighted by molar-refractivity contribution is 5.20. The van der Waals surface area contributed by atoms with Gasteiger partial charge in [-0.2, -0.15) is 0 Å². The van der Waals surface area contributed by atoms with Crippen LogP contribution in [0.1, 0.15) is 37.8 Å². The normalized spacial score (nSPS) is 18.4. The maximum absolute atomic E-state index is 13.1. The van der Waals surface area contributed by atoms with Gasteiger partial charge in [-0.25, -0.2) is 4.39 Å². The first-order valence-corrected chi connectivity index (χ1v) is 8.08. The summed E-state index contributed by atoms with van der Waals surface area (Å²) in [4.78, 5) is 2.47. The predicted molar refractivity (Wildman–Crippen MR) is 83.9 cm³/mol. The minimum absolute atomic E-state index is 0.169. The molecule has 1 aliphatic heterocycles. The van der Waals surface area contributed by atoms with Crippen LogP contribution in [-0.2, 0) is 4.74 Å². The van der Waals surface area contributed by atoms with Crippen molar-refractivity contribution < 1.29 is 9.13 Å². The van der Waals surface area contributed by atoms with Crippen LogP contribution in [-0.4, -0.2) is 44.3 Å². The molecule has 0 spiro atoms. The van der Waals surface area contributed by atoms with Crippen molar-refractivity contribution in [1.82, 2.24) is 10.2 Å². The van der Waals surface area contributed by atoms with Crippen LogP contribution in [0.5, 0.6) is 0 Å². The Morgan fingerprint density at radius 1 is 1.24 bits per heavy atom. The van der Waals surface area contributed by atoms with Gasteiger partial charge >= 0.3 is 0 Å². The molecule has 0 radical (unpaired) electrons. The van der Waals surface area contributed by atoms with Crippen LogP contribution in [0.3, 0.4) is 0 Å². The first-order chi connectivity index (χ1) is 10.3. The Labute approximate surface area is 127 Å². The van der Waals surface area contributed by atoms with Gasteiger partial charge in [-0.05, 0) is 43.5 Å². The number of hydrogen-bond acceptors (Lipinski definition) is 3. The molecule has 3 nitrogen and oxygen atoms in total. The molecular formula is C17H27FN2O. The first kappa shape index (κ1) is 16.4. The van der Waals surface area contributed by atoms with E-state index in [0.29, 0.717) is 6.04 Å². The Morgan fingerprint density at radius 2 is 2.05 bits per heavy atom. The smallest absolute Gasteiger partial charge is 0.123 e. The lowest BCUT2D eigenvalue weighted by atomic mass is 10.0. The van der Waals surface area contributed by atoms with Crippen molar-refractivity contribution in [3.63, 3.8) is 0 Å². The summed E-state index contributed by atoms with van der Waals surface area (Å²) in [5.74, 6) is -0.169. The zero-order chi connectivity index (χ0) is 14.9. The lowest BCUT2D eigenvalue weighted by molar-refractivity contribution is 0.140. The van der Waals surface area contributed by atoms with Gasteiger partial charge < -0.3 is 15.0 Å². The van der Waals surface area contributed by atoms with E-state index in [4.69, 9.17) is 4.74 Å². The molecule has 2 rings (SSSR count). The standard InChI is InChI=1S/C17H27FN2O/c1-2-9-19-17(15-4-6-16(18)7-5-15)8-11-20-10-3-13-21-14-12-20/h4-7,17,19H,2-3,8-14H2,1H3. The molecule has 4 heteroatoms. The van der Waals surface area contributed by atoms with Crippen LogP contribution in [0.4, 0.5) is 4.39 Å². The van der Waals surface area contributed by atoms with Gasteiger partial charge in [-0.3, -0.25) is 0 Å². The maximum Gasteiger partial charge on any atom is 0.123 e. The predicted octanol–water partition coefficient (Wildman–Crippen LogP) is 2.98. The third-order valence-electron chi connectivity index (χ3n) is 3.96. The van der Waals surface area contributed by atoms with Gasteiger partial charge in [-0.15, -0.1) is 0 Å². The minimum Gasteiger partial charge on any atom is -0.380 e. The molecule has 0 bridgehead atoms. The van der Waals surface area contributed by atoms with Crippen LogP contribution < -0.4 is 5.32 Å². The quantitative estimate of drug-likeness (QED) is 0.837. The SMILES string of the molecule is CCCNC(CCN1CCCOCC1)c1ccc(F)cc1. The molecule has 21 heavy (non-hydrogen) atoms. The number of ether oxygens (including phenoxy) is 1. The molecule has 1 saturated heterocycles. The summed E-state index contributed by atoms with van der Waals surface area (Å²) in [6.45, 7) is 8.07. The molecule has 1 N–H and O–H groups in total. The largest absolute Gasteiger partial charge is 0.380 e. The van der Waals surface area contributed by atoms with E-state index < -0.39 is 0 Å². The molecule has 0 amide bonds. The molecular weight excluding hydrogens is 267 g/mol. The van der Waals surface area contributed by atoms with E-state index in [1.165, 1.54) is 5.56 Å². The number of nitrogens with one attached hydrogen (secondary N) is 1. The van der Waals surface area contributed by atoms with Gasteiger partial charge in [0.1, 0.15) is 5.82 Å². The first-order valence-electron chi connectivity index (χ1n) is 8.08. The third kappa shape index (κ3) is 5.73. The summed E-state index contributed by atoms with van der Waals surface area (Å²) in [5, 5.41) is 3.58. The molecule has 1 atom stereocenters. The van der Waals surface area contributed by atoms with Gasteiger partial charge in [0.05, 0.1) is 6.61 Å². The summed E-state index contributed by atoms with van der Waals surface area (Å²) in [6, 6.07) is 7.20. The molecule has 1 aromatic rings. The average molecular weight is 294 g/mol. The van der Waals surface area contributed by atoms with Gasteiger partial charge in [0.15, 0.2) is 0 Å². The van der Waals surface area contributed by atoms with Crippen molar-refractivity contribution in [2.75, 3.05) is 39.4 Å². The fourth-order valence-electron chi connectivity index (χ4n) is 2.73. The van der Waals surface area contributed by atoms with E-state index in [0.717, 1.165) is 58.7 Å². The summed E-state index contributed by atoms with van der Waals surface area (Å²) < 4.78 is 18.6. The Balaban J connectivity index is 1.90. The second-order valence-electron chi connectivity index (χ2n) is 5.65. The minimum atomic E-state index is -0.169. The molecule has 0 aliphatic carbocycles. The molecule has 1 heterocycles. The maximum atomic E-state index is 13.1. The fraction of sp³-hybridized carbons (Fsp3) is 0.647. The van der Waals surface area contributed by atoms with Crippen molar-refractivity contribution in [2.24, 2.45) is 0 Å². The van der Waals surface area contributed by atoms with Crippen molar-refractivity contribution in [2.45, 2.75) is 32.2 Å². The van der Waals surface area contributed by atoms with E-state index in [-0.39, 0.29) is 5.82 Å². The van der Waals surface area contributed by atoms with Crippen molar-refractivity contribution in [3.05, 3.63) is 35.6 Å². The number of hydrogen-bond donors (Lipinski definition) is 1. The molecule has 0 aromatic heterocycles. The van der Waals surface area contributed by atoms with Crippen LogP contribution in [0.2, 0.25) is 0 Å². The second kappa shape index (κ2) is 9.13. The average Bonchev–Trinajstić information content (AvgIpc) is 2.77. The number of nitrogens with zero attached hydrogens (tertiary/aromatic N) is 1. The van der Waals surface area contributed by atoms with Crippen LogP contribution in [0, 0.1) is 5.82 Å². The number of benzene rings is 1. The molecule has 1 fully saturated rings. The van der Waals surface area contributed by atoms with E-state index in [1.54, 1.807) is 12.1 Å². The van der Waals surface area contributed by atoms with Crippen LogP contribution in [0.25, 0.3) is 0 Å². The Bertz CT molecular complexity index is 388. The van der Waals surface area contributed by atoms with Crippen molar-refractivity contribution in [3.8, 4) is 0 Å². The van der Waals surface area contributed by atoms with Crippen LogP contribution in [0.15, 0.2) is 24.3 Å². The zero-order valence-corrected chi connectivity index (χ0v) is 13.0. The monoisotopic (exact) mass is 294 g/mol. The van der Waals surface area contributed by atoms with E-state index in [2.05, 4.69) is 17.1 Å². The lowest BCUT2D eigenvalue weighted by Gasteiger charge is -2.24. The highest BCUT2D eigenvalue weighted by Crippen LogP contribution is 2.18. The fourth-order valence-corrected chi connectivity index (χ4v) is 2.73. The summed E-state index contributed by atoms with van der Waals surface area (Å²) in [6.07, 6.45) is 3.27.